The summed E-state index contributed by atoms with van der Waals surface area (Å²) >= 11 is 0. The van der Waals surface area contributed by atoms with Crippen LogP contribution in [0.2, 0.25) is 0 Å². The van der Waals surface area contributed by atoms with Gasteiger partial charge in [-0.3, -0.25) is 4.79 Å². The van der Waals surface area contributed by atoms with Gasteiger partial charge < -0.3 is 15.4 Å². The zero-order chi connectivity index (χ0) is 11.5. The maximum absolute atomic E-state index is 11.3. The van der Waals surface area contributed by atoms with Crippen LogP contribution in [0.1, 0.15) is 26.7 Å². The minimum absolute atomic E-state index is 0. The fraction of sp³-hybridized carbons (Fsp3) is 0.909. The first-order valence-corrected chi connectivity index (χ1v) is 5.70. The van der Waals surface area contributed by atoms with E-state index in [1.54, 1.807) is 7.11 Å². The summed E-state index contributed by atoms with van der Waals surface area (Å²) in [4.78, 5) is 11.3. The molecule has 0 rings (SSSR count). The number of ether oxygens (including phenoxy) is 1. The standard InChI is InChI=1S/C11H24N2O2.ClH/c1-4-10(5-2)8-13-11(14)9-12-6-7-15-3;/h10,12H,4-9H2,1-3H3,(H,13,14);1H. The third-order valence-electron chi connectivity index (χ3n) is 2.51. The second kappa shape index (κ2) is 12.7. The number of amides is 1. The average molecular weight is 253 g/mol. The molecule has 0 aromatic heterocycles. The number of nitrogens with one attached hydrogen (secondary N) is 2. The zero-order valence-electron chi connectivity index (χ0n) is 10.5. The number of rotatable bonds is 9. The van der Waals surface area contributed by atoms with Gasteiger partial charge in [0.25, 0.3) is 0 Å². The topological polar surface area (TPSA) is 50.4 Å². The molecule has 0 atom stereocenters. The molecule has 0 aliphatic rings. The molecular formula is C11H25ClN2O2. The lowest BCUT2D eigenvalue weighted by molar-refractivity contribution is -0.120. The van der Waals surface area contributed by atoms with Crippen molar-refractivity contribution in [2.45, 2.75) is 26.7 Å². The molecule has 0 radical (unpaired) electrons. The van der Waals surface area contributed by atoms with E-state index < -0.39 is 0 Å². The van der Waals surface area contributed by atoms with Crippen molar-refractivity contribution in [2.75, 3.05) is 33.4 Å². The van der Waals surface area contributed by atoms with Crippen molar-refractivity contribution >= 4 is 18.3 Å². The molecule has 0 aliphatic carbocycles. The van der Waals surface area contributed by atoms with Crippen LogP contribution in [-0.4, -0.2) is 39.3 Å². The highest BCUT2D eigenvalue weighted by molar-refractivity contribution is 5.85. The first-order chi connectivity index (χ1) is 7.24. The van der Waals surface area contributed by atoms with Gasteiger partial charge in [-0.05, 0) is 5.92 Å². The van der Waals surface area contributed by atoms with E-state index in [9.17, 15) is 4.79 Å². The highest BCUT2D eigenvalue weighted by atomic mass is 35.5. The van der Waals surface area contributed by atoms with Gasteiger partial charge in [-0.1, -0.05) is 26.7 Å². The fourth-order valence-electron chi connectivity index (χ4n) is 1.27. The monoisotopic (exact) mass is 252 g/mol. The van der Waals surface area contributed by atoms with Gasteiger partial charge in [0.15, 0.2) is 0 Å². The molecule has 0 saturated carbocycles. The third kappa shape index (κ3) is 10.2. The predicted molar refractivity (Wildman–Crippen MR) is 69.1 cm³/mol. The Bertz CT molecular complexity index is 164. The van der Waals surface area contributed by atoms with Crippen LogP contribution in [-0.2, 0) is 9.53 Å². The summed E-state index contributed by atoms with van der Waals surface area (Å²) in [5, 5.41) is 5.93. The minimum atomic E-state index is 0. The molecule has 5 heteroatoms. The van der Waals surface area contributed by atoms with Crippen molar-refractivity contribution in [1.29, 1.82) is 0 Å². The van der Waals surface area contributed by atoms with Gasteiger partial charge in [0.1, 0.15) is 0 Å². The molecule has 0 heterocycles. The van der Waals surface area contributed by atoms with Gasteiger partial charge in [-0.2, -0.15) is 0 Å². The largest absolute Gasteiger partial charge is 0.383 e. The predicted octanol–water partition coefficient (Wildman–Crippen LogP) is 1.20. The molecule has 0 spiro atoms. The summed E-state index contributed by atoms with van der Waals surface area (Å²) in [6.07, 6.45) is 2.24. The number of carbonyl (C=O) groups is 1. The van der Waals surface area contributed by atoms with Gasteiger partial charge in [0.2, 0.25) is 5.91 Å². The molecule has 0 fully saturated rings. The number of methoxy groups -OCH3 is 1. The van der Waals surface area contributed by atoms with E-state index in [1.807, 2.05) is 0 Å². The Morgan fingerprint density at radius 1 is 1.31 bits per heavy atom. The van der Waals surface area contributed by atoms with Crippen molar-refractivity contribution in [3.8, 4) is 0 Å². The molecule has 2 N–H and O–H groups in total. The Labute approximate surface area is 105 Å². The Balaban J connectivity index is 0. The lowest BCUT2D eigenvalue weighted by atomic mass is 10.0. The minimum Gasteiger partial charge on any atom is -0.383 e. The van der Waals surface area contributed by atoms with E-state index in [1.165, 1.54) is 0 Å². The second-order valence-corrected chi connectivity index (χ2v) is 3.66. The van der Waals surface area contributed by atoms with Crippen LogP contribution in [0.5, 0.6) is 0 Å². The highest BCUT2D eigenvalue weighted by Gasteiger charge is 2.05. The van der Waals surface area contributed by atoms with Crippen LogP contribution in [0.4, 0.5) is 0 Å². The second-order valence-electron chi connectivity index (χ2n) is 3.66. The summed E-state index contributed by atoms with van der Waals surface area (Å²) in [6, 6.07) is 0. The Kier molecular flexibility index (Phi) is 14.4. The fourth-order valence-corrected chi connectivity index (χ4v) is 1.27. The van der Waals surface area contributed by atoms with Crippen molar-refractivity contribution in [2.24, 2.45) is 5.92 Å². The highest BCUT2D eigenvalue weighted by Crippen LogP contribution is 2.04. The van der Waals surface area contributed by atoms with Crippen molar-refractivity contribution < 1.29 is 9.53 Å². The molecule has 0 aromatic rings. The van der Waals surface area contributed by atoms with Crippen molar-refractivity contribution in [1.82, 2.24) is 10.6 Å². The lowest BCUT2D eigenvalue weighted by Gasteiger charge is -2.13. The average Bonchev–Trinajstić information content (AvgIpc) is 2.26. The van der Waals surface area contributed by atoms with E-state index in [0.717, 1.165) is 25.9 Å². The van der Waals surface area contributed by atoms with Crippen molar-refractivity contribution in [3.05, 3.63) is 0 Å². The first kappa shape index (κ1) is 18.1. The quantitative estimate of drug-likeness (QED) is 0.607. The van der Waals surface area contributed by atoms with Gasteiger partial charge in [-0.15, -0.1) is 12.4 Å². The van der Waals surface area contributed by atoms with Crippen molar-refractivity contribution in [3.63, 3.8) is 0 Å². The molecular weight excluding hydrogens is 228 g/mol. The number of carbonyl (C=O) groups excluding carboxylic acids is 1. The van der Waals surface area contributed by atoms with Crippen LogP contribution in [0, 0.1) is 5.92 Å². The van der Waals surface area contributed by atoms with Crippen LogP contribution in [0.25, 0.3) is 0 Å². The van der Waals surface area contributed by atoms with Crippen LogP contribution in [0.15, 0.2) is 0 Å². The Hall–Kier alpha value is -0.320. The molecule has 16 heavy (non-hydrogen) atoms. The molecule has 0 unspecified atom stereocenters. The maximum Gasteiger partial charge on any atom is 0.233 e. The van der Waals surface area contributed by atoms with E-state index in [4.69, 9.17) is 4.74 Å². The zero-order valence-corrected chi connectivity index (χ0v) is 11.4. The lowest BCUT2D eigenvalue weighted by Crippen LogP contribution is -2.37. The SMILES string of the molecule is CCC(CC)CNC(=O)CNCCOC.Cl. The summed E-state index contributed by atoms with van der Waals surface area (Å²) in [7, 11) is 1.65. The number of hydrogen-bond acceptors (Lipinski definition) is 3. The molecule has 0 saturated heterocycles. The van der Waals surface area contributed by atoms with Crippen LogP contribution >= 0.6 is 12.4 Å². The normalized spacial score (nSPS) is 10.0. The Morgan fingerprint density at radius 3 is 2.44 bits per heavy atom. The van der Waals surface area contributed by atoms with Gasteiger partial charge in [0, 0.05) is 20.2 Å². The Morgan fingerprint density at radius 2 is 1.94 bits per heavy atom. The number of halogens is 1. The van der Waals surface area contributed by atoms with E-state index >= 15 is 0 Å². The van der Waals surface area contributed by atoms with E-state index in [-0.39, 0.29) is 18.3 Å². The van der Waals surface area contributed by atoms with E-state index in [2.05, 4.69) is 24.5 Å². The third-order valence-corrected chi connectivity index (χ3v) is 2.51. The molecule has 4 nitrogen and oxygen atoms in total. The maximum atomic E-state index is 11.3. The number of hydrogen-bond donors (Lipinski definition) is 2. The summed E-state index contributed by atoms with van der Waals surface area (Å²) in [6.45, 7) is 6.82. The van der Waals surface area contributed by atoms with E-state index in [0.29, 0.717) is 19.1 Å². The summed E-state index contributed by atoms with van der Waals surface area (Å²) < 4.78 is 4.86. The first-order valence-electron chi connectivity index (χ1n) is 5.70. The molecule has 0 aromatic carbocycles. The molecule has 0 aliphatic heterocycles. The van der Waals surface area contributed by atoms with Gasteiger partial charge >= 0.3 is 0 Å². The van der Waals surface area contributed by atoms with Crippen LogP contribution in [0.3, 0.4) is 0 Å². The molecule has 1 amide bonds. The summed E-state index contributed by atoms with van der Waals surface area (Å²) in [5.74, 6) is 0.672. The summed E-state index contributed by atoms with van der Waals surface area (Å²) in [5.41, 5.74) is 0. The van der Waals surface area contributed by atoms with Gasteiger partial charge in [-0.25, -0.2) is 0 Å². The smallest absolute Gasteiger partial charge is 0.233 e. The van der Waals surface area contributed by atoms with Gasteiger partial charge in [0.05, 0.1) is 13.2 Å². The molecule has 98 valence electrons. The van der Waals surface area contributed by atoms with Crippen LogP contribution < -0.4 is 10.6 Å². The molecule has 0 bridgehead atoms.